The smallest absolute Gasteiger partial charge is 0.241 e. The molecule has 5 nitrogen and oxygen atoms in total. The minimum absolute atomic E-state index is 0.0153. The van der Waals surface area contributed by atoms with Crippen LogP contribution in [0, 0.1) is 23.2 Å². The minimum Gasteiger partial charge on any atom is -0.381 e. The van der Waals surface area contributed by atoms with Crippen molar-refractivity contribution < 1.29 is 9.53 Å². The van der Waals surface area contributed by atoms with Gasteiger partial charge in [-0.25, -0.2) is 0 Å². The van der Waals surface area contributed by atoms with Crippen molar-refractivity contribution in [3.05, 3.63) is 0 Å². The van der Waals surface area contributed by atoms with Gasteiger partial charge in [0.2, 0.25) is 5.91 Å². The highest BCUT2D eigenvalue weighted by molar-refractivity contribution is 5.83. The largest absolute Gasteiger partial charge is 0.381 e. The highest BCUT2D eigenvalue weighted by Gasteiger charge is 2.55. The first-order valence-electron chi connectivity index (χ1n) is 6.77. The van der Waals surface area contributed by atoms with Crippen molar-refractivity contribution in [2.45, 2.75) is 43.8 Å². The van der Waals surface area contributed by atoms with Crippen LogP contribution in [0.4, 0.5) is 0 Å². The van der Waals surface area contributed by atoms with E-state index in [9.17, 15) is 4.79 Å². The number of nitriles is 1. The molecule has 2 saturated heterocycles. The van der Waals surface area contributed by atoms with Crippen LogP contribution in [0.1, 0.15) is 25.7 Å². The predicted octanol–water partition coefficient (Wildman–Crippen LogP) is 0.253. The molecule has 18 heavy (non-hydrogen) atoms. The second-order valence-electron chi connectivity index (χ2n) is 5.66. The van der Waals surface area contributed by atoms with Gasteiger partial charge in [0.1, 0.15) is 6.04 Å². The maximum Gasteiger partial charge on any atom is 0.241 e. The van der Waals surface area contributed by atoms with Crippen molar-refractivity contribution >= 4 is 5.91 Å². The number of rotatable bonds is 2. The maximum absolute atomic E-state index is 12.5. The Balaban J connectivity index is 1.68. The Morgan fingerprint density at radius 2 is 2.11 bits per heavy atom. The third-order valence-electron chi connectivity index (χ3n) is 4.57. The van der Waals surface area contributed by atoms with Gasteiger partial charge in [-0.3, -0.25) is 4.79 Å². The Morgan fingerprint density at radius 3 is 2.78 bits per heavy atom. The number of nitrogens with two attached hydrogens (primary N) is 1. The van der Waals surface area contributed by atoms with E-state index in [4.69, 9.17) is 15.7 Å². The molecule has 2 N–H and O–H groups in total. The van der Waals surface area contributed by atoms with Gasteiger partial charge in [-0.05, 0) is 37.5 Å². The van der Waals surface area contributed by atoms with Gasteiger partial charge in [-0.15, -0.1) is 0 Å². The fourth-order valence-electron chi connectivity index (χ4n) is 3.34. The van der Waals surface area contributed by atoms with Crippen molar-refractivity contribution in [2.75, 3.05) is 13.2 Å². The average Bonchev–Trinajstić information content (AvgIpc) is 3.09. The molecule has 5 heteroatoms. The van der Waals surface area contributed by atoms with Gasteiger partial charge in [0, 0.05) is 19.3 Å². The molecule has 4 atom stereocenters. The molecule has 1 aliphatic carbocycles. The quantitative estimate of drug-likeness (QED) is 0.761. The van der Waals surface area contributed by atoms with E-state index in [-0.39, 0.29) is 17.9 Å². The summed E-state index contributed by atoms with van der Waals surface area (Å²) in [7, 11) is 0. The molecule has 0 spiro atoms. The van der Waals surface area contributed by atoms with E-state index >= 15 is 0 Å². The zero-order valence-electron chi connectivity index (χ0n) is 10.4. The van der Waals surface area contributed by atoms with E-state index in [1.165, 1.54) is 0 Å². The maximum atomic E-state index is 12.5. The van der Waals surface area contributed by atoms with Crippen LogP contribution in [0.5, 0.6) is 0 Å². The van der Waals surface area contributed by atoms with Crippen LogP contribution in [-0.2, 0) is 9.53 Å². The lowest BCUT2D eigenvalue weighted by Crippen LogP contribution is -2.51. The second-order valence-corrected chi connectivity index (χ2v) is 5.66. The van der Waals surface area contributed by atoms with Crippen molar-refractivity contribution in [3.63, 3.8) is 0 Å². The van der Waals surface area contributed by atoms with E-state index in [1.807, 2.05) is 0 Å². The Labute approximate surface area is 107 Å². The number of piperidine rings is 1. The van der Waals surface area contributed by atoms with Crippen LogP contribution >= 0.6 is 0 Å². The first kappa shape index (κ1) is 11.9. The van der Waals surface area contributed by atoms with E-state index in [0.29, 0.717) is 25.2 Å². The molecule has 2 aliphatic heterocycles. The summed E-state index contributed by atoms with van der Waals surface area (Å²) in [6.07, 6.45) is 3.61. The zero-order valence-corrected chi connectivity index (χ0v) is 10.4. The fraction of sp³-hybridized carbons (Fsp3) is 0.846. The lowest BCUT2D eigenvalue weighted by molar-refractivity contribution is -0.135. The highest BCUT2D eigenvalue weighted by atomic mass is 16.5. The molecule has 1 amide bonds. The Hall–Kier alpha value is -1.12. The highest BCUT2D eigenvalue weighted by Crippen LogP contribution is 2.48. The summed E-state index contributed by atoms with van der Waals surface area (Å²) in [6.45, 7) is 1.39. The molecule has 3 rings (SSSR count). The van der Waals surface area contributed by atoms with Crippen molar-refractivity contribution in [1.29, 1.82) is 5.26 Å². The lowest BCUT2D eigenvalue weighted by Gasteiger charge is -2.31. The second kappa shape index (κ2) is 4.52. The van der Waals surface area contributed by atoms with Crippen LogP contribution in [0.2, 0.25) is 0 Å². The van der Waals surface area contributed by atoms with Gasteiger partial charge in [0.05, 0.1) is 12.1 Å². The molecule has 3 aliphatic rings. The monoisotopic (exact) mass is 249 g/mol. The Kier molecular flexibility index (Phi) is 3.00. The Bertz CT molecular complexity index is 386. The predicted molar refractivity (Wildman–Crippen MR) is 64.3 cm³/mol. The molecule has 0 bridgehead atoms. The third-order valence-corrected chi connectivity index (χ3v) is 4.57. The van der Waals surface area contributed by atoms with Crippen LogP contribution < -0.4 is 5.73 Å². The summed E-state index contributed by atoms with van der Waals surface area (Å²) in [5.41, 5.74) is 6.11. The van der Waals surface area contributed by atoms with Crippen LogP contribution in [0.25, 0.3) is 0 Å². The standard InChI is InChI=1S/C13H19N3O2/c14-7-10-5-9-6-11(9)16(10)13(17)12(15)8-1-3-18-4-2-8/h8-12H,1-6,15H2/t9?,10?,11-,12?/m0/s1. The normalized spacial score (nSPS) is 36.9. The summed E-state index contributed by atoms with van der Waals surface area (Å²) in [4.78, 5) is 14.2. The number of nitrogens with zero attached hydrogens (tertiary/aromatic N) is 2. The SMILES string of the molecule is N#CC1CC2C[C@@H]2N1C(=O)C(N)C1CCOCC1. The van der Waals surface area contributed by atoms with Gasteiger partial charge in [0.15, 0.2) is 0 Å². The number of carbonyl (C=O) groups excluding carboxylic acids is 1. The molecule has 3 fully saturated rings. The average molecular weight is 249 g/mol. The molecule has 0 aromatic rings. The minimum atomic E-state index is -0.455. The molecule has 98 valence electrons. The lowest BCUT2D eigenvalue weighted by atomic mass is 9.91. The number of ether oxygens (including phenoxy) is 1. The zero-order chi connectivity index (χ0) is 12.7. The van der Waals surface area contributed by atoms with E-state index in [1.54, 1.807) is 4.90 Å². The molecule has 2 heterocycles. The number of amides is 1. The summed E-state index contributed by atoms with van der Waals surface area (Å²) in [6, 6.07) is 1.84. The van der Waals surface area contributed by atoms with E-state index < -0.39 is 6.04 Å². The molecule has 0 radical (unpaired) electrons. The summed E-state index contributed by atoms with van der Waals surface area (Å²) < 4.78 is 5.29. The van der Waals surface area contributed by atoms with E-state index in [0.717, 1.165) is 25.7 Å². The molecular weight excluding hydrogens is 230 g/mol. The van der Waals surface area contributed by atoms with Crippen molar-refractivity contribution in [1.82, 2.24) is 4.90 Å². The van der Waals surface area contributed by atoms with Crippen LogP contribution in [-0.4, -0.2) is 42.1 Å². The number of likely N-dealkylation sites (tertiary alicyclic amines) is 1. The summed E-state index contributed by atoms with van der Waals surface area (Å²) >= 11 is 0. The number of carbonyl (C=O) groups is 1. The third kappa shape index (κ3) is 1.90. The van der Waals surface area contributed by atoms with Crippen molar-refractivity contribution in [2.24, 2.45) is 17.6 Å². The molecule has 1 saturated carbocycles. The number of hydrogen-bond donors (Lipinski definition) is 1. The van der Waals surface area contributed by atoms with E-state index in [2.05, 4.69) is 6.07 Å². The van der Waals surface area contributed by atoms with Crippen molar-refractivity contribution in [3.8, 4) is 6.07 Å². The number of fused-ring (bicyclic) bond motifs is 1. The molecule has 3 unspecified atom stereocenters. The molecule has 0 aromatic heterocycles. The first-order valence-corrected chi connectivity index (χ1v) is 6.77. The fourth-order valence-corrected chi connectivity index (χ4v) is 3.34. The Morgan fingerprint density at radius 1 is 1.39 bits per heavy atom. The van der Waals surface area contributed by atoms with Gasteiger partial charge in [0.25, 0.3) is 0 Å². The van der Waals surface area contributed by atoms with Gasteiger partial charge < -0.3 is 15.4 Å². The van der Waals surface area contributed by atoms with Crippen LogP contribution in [0.3, 0.4) is 0 Å². The van der Waals surface area contributed by atoms with Gasteiger partial charge in [-0.2, -0.15) is 5.26 Å². The first-order chi connectivity index (χ1) is 8.72. The molecule has 0 aromatic carbocycles. The summed E-state index contributed by atoms with van der Waals surface area (Å²) in [5, 5.41) is 9.11. The summed E-state index contributed by atoms with van der Waals surface area (Å²) in [5.74, 6) is 0.752. The van der Waals surface area contributed by atoms with Crippen LogP contribution in [0.15, 0.2) is 0 Å². The number of hydrogen-bond acceptors (Lipinski definition) is 4. The topological polar surface area (TPSA) is 79.4 Å². The molecular formula is C13H19N3O2. The van der Waals surface area contributed by atoms with Gasteiger partial charge >= 0.3 is 0 Å². The van der Waals surface area contributed by atoms with Gasteiger partial charge in [-0.1, -0.05) is 0 Å².